The Morgan fingerprint density at radius 1 is 1.04 bits per heavy atom. The second-order valence-electron chi connectivity index (χ2n) is 6.47. The molecule has 0 aliphatic rings. The van der Waals surface area contributed by atoms with E-state index in [-0.39, 0.29) is 5.91 Å². The number of aromatic nitrogens is 2. The highest BCUT2D eigenvalue weighted by Crippen LogP contribution is 2.12. The molecule has 134 valence electrons. The van der Waals surface area contributed by atoms with Crippen LogP contribution in [0.15, 0.2) is 67.0 Å². The first kappa shape index (κ1) is 17.7. The van der Waals surface area contributed by atoms with Crippen LogP contribution < -0.4 is 10.2 Å². The lowest BCUT2D eigenvalue weighted by Gasteiger charge is -2.12. The first-order valence-corrected chi connectivity index (χ1v) is 8.74. The summed E-state index contributed by atoms with van der Waals surface area (Å²) in [5, 5.41) is 7.34. The van der Waals surface area contributed by atoms with Crippen molar-refractivity contribution in [3.8, 4) is 5.69 Å². The molecule has 1 heterocycles. The Hall–Kier alpha value is -3.08. The van der Waals surface area contributed by atoms with Gasteiger partial charge >= 0.3 is 0 Å². The van der Waals surface area contributed by atoms with Crippen LogP contribution in [0.25, 0.3) is 5.69 Å². The number of hydrogen-bond acceptors (Lipinski definition) is 3. The molecule has 3 rings (SSSR count). The van der Waals surface area contributed by atoms with Crippen molar-refractivity contribution in [2.45, 2.75) is 19.4 Å². The van der Waals surface area contributed by atoms with Gasteiger partial charge in [-0.2, -0.15) is 5.10 Å². The van der Waals surface area contributed by atoms with Crippen molar-refractivity contribution in [1.29, 1.82) is 0 Å². The maximum atomic E-state index is 12.1. The van der Waals surface area contributed by atoms with E-state index in [4.69, 9.17) is 0 Å². The molecule has 26 heavy (non-hydrogen) atoms. The zero-order chi connectivity index (χ0) is 18.4. The summed E-state index contributed by atoms with van der Waals surface area (Å²) in [7, 11) is 4.02. The zero-order valence-corrected chi connectivity index (χ0v) is 15.2. The molecule has 0 radical (unpaired) electrons. The molecule has 2 aromatic carbocycles. The van der Waals surface area contributed by atoms with Crippen LogP contribution in [0, 0.1) is 0 Å². The third-order valence-corrected chi connectivity index (χ3v) is 4.24. The molecule has 0 aliphatic carbocycles. The van der Waals surface area contributed by atoms with Crippen LogP contribution in [0.4, 0.5) is 5.69 Å². The molecule has 1 aromatic heterocycles. The van der Waals surface area contributed by atoms with Crippen molar-refractivity contribution in [2.24, 2.45) is 0 Å². The predicted molar refractivity (Wildman–Crippen MR) is 105 cm³/mol. The summed E-state index contributed by atoms with van der Waals surface area (Å²) >= 11 is 0. The van der Waals surface area contributed by atoms with Gasteiger partial charge in [0, 0.05) is 38.9 Å². The molecule has 5 nitrogen and oxygen atoms in total. The van der Waals surface area contributed by atoms with Crippen LogP contribution in [0.1, 0.15) is 17.5 Å². The fraction of sp³-hybridized carbons (Fsp3) is 0.238. The molecule has 0 saturated heterocycles. The number of nitrogens with one attached hydrogen (secondary N) is 1. The van der Waals surface area contributed by atoms with E-state index in [2.05, 4.69) is 27.4 Å². The first-order chi connectivity index (χ1) is 12.6. The van der Waals surface area contributed by atoms with Crippen molar-refractivity contribution in [3.05, 3.63) is 78.1 Å². The summed E-state index contributed by atoms with van der Waals surface area (Å²) in [6.45, 7) is 0.551. The Morgan fingerprint density at radius 3 is 2.46 bits per heavy atom. The average Bonchev–Trinajstić information content (AvgIpc) is 3.15. The maximum Gasteiger partial charge on any atom is 0.220 e. The van der Waals surface area contributed by atoms with Crippen molar-refractivity contribution < 1.29 is 4.79 Å². The molecular formula is C21H24N4O. The minimum absolute atomic E-state index is 0.0501. The summed E-state index contributed by atoms with van der Waals surface area (Å²) in [6, 6.07) is 18.1. The monoisotopic (exact) mass is 348 g/mol. The van der Waals surface area contributed by atoms with E-state index in [1.165, 1.54) is 0 Å². The number of benzene rings is 2. The molecule has 0 aliphatic heterocycles. The van der Waals surface area contributed by atoms with Gasteiger partial charge in [0.25, 0.3) is 0 Å². The van der Waals surface area contributed by atoms with Crippen LogP contribution in [-0.4, -0.2) is 29.8 Å². The number of carbonyl (C=O) groups excluding carboxylic acids is 1. The Kier molecular flexibility index (Phi) is 5.69. The lowest BCUT2D eigenvalue weighted by Crippen LogP contribution is -2.23. The van der Waals surface area contributed by atoms with Crippen molar-refractivity contribution in [3.63, 3.8) is 0 Å². The Morgan fingerprint density at radius 2 is 1.77 bits per heavy atom. The van der Waals surface area contributed by atoms with Crippen LogP contribution in [-0.2, 0) is 17.8 Å². The van der Waals surface area contributed by atoms with Gasteiger partial charge in [-0.3, -0.25) is 4.79 Å². The number of anilines is 1. The summed E-state index contributed by atoms with van der Waals surface area (Å²) in [5.74, 6) is 0.0501. The highest BCUT2D eigenvalue weighted by molar-refractivity contribution is 5.76. The largest absolute Gasteiger partial charge is 0.378 e. The van der Waals surface area contributed by atoms with E-state index in [0.717, 1.165) is 22.5 Å². The molecule has 1 amide bonds. The van der Waals surface area contributed by atoms with Gasteiger partial charge in [0.05, 0.1) is 11.9 Å². The van der Waals surface area contributed by atoms with Crippen LogP contribution in [0.2, 0.25) is 0 Å². The van der Waals surface area contributed by atoms with Gasteiger partial charge in [0.2, 0.25) is 5.91 Å². The molecule has 0 unspecified atom stereocenters. The minimum atomic E-state index is 0.0501. The zero-order valence-electron chi connectivity index (χ0n) is 15.2. The smallest absolute Gasteiger partial charge is 0.220 e. The van der Waals surface area contributed by atoms with E-state index in [0.29, 0.717) is 19.4 Å². The van der Waals surface area contributed by atoms with Gasteiger partial charge in [-0.25, -0.2) is 4.68 Å². The van der Waals surface area contributed by atoms with Gasteiger partial charge in [-0.15, -0.1) is 0 Å². The number of hydrogen-bond donors (Lipinski definition) is 1. The van der Waals surface area contributed by atoms with E-state index in [1.807, 2.05) is 73.6 Å². The fourth-order valence-electron chi connectivity index (χ4n) is 2.67. The molecule has 0 fully saturated rings. The molecule has 1 N–H and O–H groups in total. The summed E-state index contributed by atoms with van der Waals surface area (Å²) in [4.78, 5) is 14.1. The van der Waals surface area contributed by atoms with Gasteiger partial charge in [-0.1, -0.05) is 30.3 Å². The lowest BCUT2D eigenvalue weighted by atomic mass is 10.1. The van der Waals surface area contributed by atoms with E-state index in [9.17, 15) is 4.79 Å². The fourth-order valence-corrected chi connectivity index (χ4v) is 2.67. The van der Waals surface area contributed by atoms with Crippen LogP contribution in [0.3, 0.4) is 0 Å². The molecule has 0 spiro atoms. The normalized spacial score (nSPS) is 10.5. The van der Waals surface area contributed by atoms with Crippen molar-refractivity contribution in [1.82, 2.24) is 15.1 Å². The molecule has 0 saturated carbocycles. The quantitative estimate of drug-likeness (QED) is 0.713. The van der Waals surface area contributed by atoms with Gasteiger partial charge < -0.3 is 10.2 Å². The third-order valence-electron chi connectivity index (χ3n) is 4.24. The van der Waals surface area contributed by atoms with Gasteiger partial charge in [-0.05, 0) is 41.8 Å². The maximum absolute atomic E-state index is 12.1. The SMILES string of the molecule is CN(C)c1ccc(CNC(=O)CCc2cnn(-c3ccccc3)c2)cc1. The summed E-state index contributed by atoms with van der Waals surface area (Å²) in [5.41, 5.74) is 4.32. The number of aryl methyl sites for hydroxylation is 1. The van der Waals surface area contributed by atoms with E-state index >= 15 is 0 Å². The minimum Gasteiger partial charge on any atom is -0.378 e. The van der Waals surface area contributed by atoms with Crippen molar-refractivity contribution in [2.75, 3.05) is 19.0 Å². The molecular weight excluding hydrogens is 324 g/mol. The molecule has 5 heteroatoms. The molecule has 0 bridgehead atoms. The summed E-state index contributed by atoms with van der Waals surface area (Å²) < 4.78 is 1.83. The number of amides is 1. The highest BCUT2D eigenvalue weighted by atomic mass is 16.1. The Labute approximate surface area is 154 Å². The van der Waals surface area contributed by atoms with Crippen LogP contribution in [0.5, 0.6) is 0 Å². The predicted octanol–water partition coefficient (Wildman–Crippen LogP) is 3.19. The number of para-hydroxylation sites is 1. The second-order valence-corrected chi connectivity index (χ2v) is 6.47. The second kappa shape index (κ2) is 8.34. The lowest BCUT2D eigenvalue weighted by molar-refractivity contribution is -0.121. The number of nitrogens with zero attached hydrogens (tertiary/aromatic N) is 3. The Balaban J connectivity index is 1.46. The number of rotatable bonds is 7. The topological polar surface area (TPSA) is 50.2 Å². The standard InChI is InChI=1S/C21H24N4O/c1-24(2)19-11-8-17(9-12-19)14-22-21(26)13-10-18-15-23-25(16-18)20-6-4-3-5-7-20/h3-9,11-12,15-16H,10,13-14H2,1-2H3,(H,22,26). The van der Waals surface area contributed by atoms with E-state index < -0.39 is 0 Å². The highest BCUT2D eigenvalue weighted by Gasteiger charge is 2.05. The number of carbonyl (C=O) groups is 1. The van der Waals surface area contributed by atoms with Gasteiger partial charge in [0.15, 0.2) is 0 Å². The summed E-state index contributed by atoms with van der Waals surface area (Å²) in [6.07, 6.45) is 4.93. The van der Waals surface area contributed by atoms with E-state index in [1.54, 1.807) is 0 Å². The Bertz CT molecular complexity index is 838. The van der Waals surface area contributed by atoms with Gasteiger partial charge in [0.1, 0.15) is 0 Å². The first-order valence-electron chi connectivity index (χ1n) is 8.74. The third kappa shape index (κ3) is 4.72. The van der Waals surface area contributed by atoms with Crippen LogP contribution >= 0.6 is 0 Å². The van der Waals surface area contributed by atoms with Crippen molar-refractivity contribution >= 4 is 11.6 Å². The molecule has 0 atom stereocenters. The average molecular weight is 348 g/mol. The molecule has 3 aromatic rings.